The molecule has 0 radical (unpaired) electrons. The number of aldehydes is 1. The number of hydrogen-bond donors (Lipinski definition) is 4. The number of aromatic hydroxyl groups is 1. The van der Waals surface area contributed by atoms with Crippen molar-refractivity contribution in [3.63, 3.8) is 0 Å². The van der Waals surface area contributed by atoms with Crippen LogP contribution < -0.4 is 15.4 Å². The Morgan fingerprint density at radius 2 is 1.68 bits per heavy atom. The first-order chi connectivity index (χ1) is 15.1. The van der Waals surface area contributed by atoms with Gasteiger partial charge < -0.3 is 25.6 Å². The van der Waals surface area contributed by atoms with Crippen molar-refractivity contribution in [2.75, 3.05) is 25.0 Å². The number of carbonyl (C=O) groups is 1. The van der Waals surface area contributed by atoms with Crippen molar-refractivity contribution in [1.82, 2.24) is 5.32 Å². The average Bonchev–Trinajstić information content (AvgIpc) is 2.79. The summed E-state index contributed by atoms with van der Waals surface area (Å²) in [7, 11) is 0. The number of benzene rings is 3. The molecule has 0 aliphatic rings. The highest BCUT2D eigenvalue weighted by Gasteiger charge is 2.10. The number of rotatable bonds is 11. The van der Waals surface area contributed by atoms with E-state index in [2.05, 4.69) is 22.8 Å². The Hall–Kier alpha value is -3.35. The summed E-state index contributed by atoms with van der Waals surface area (Å²) in [6, 6.07) is 20.6. The molecule has 0 saturated carbocycles. The van der Waals surface area contributed by atoms with Crippen molar-refractivity contribution in [2.45, 2.75) is 19.4 Å². The number of aliphatic hydroxyl groups excluding tert-OH is 1. The van der Waals surface area contributed by atoms with Gasteiger partial charge in [-0.1, -0.05) is 18.2 Å². The highest BCUT2D eigenvalue weighted by atomic mass is 16.5. The lowest BCUT2D eigenvalue weighted by Crippen LogP contribution is -2.23. The highest BCUT2D eigenvalue weighted by molar-refractivity contribution is 5.79. The Morgan fingerprint density at radius 3 is 2.32 bits per heavy atom. The lowest BCUT2D eigenvalue weighted by molar-refractivity contribution is 0.112. The number of anilines is 2. The van der Waals surface area contributed by atoms with Crippen LogP contribution in [-0.4, -0.2) is 36.2 Å². The van der Waals surface area contributed by atoms with Gasteiger partial charge in [0.1, 0.15) is 11.5 Å². The molecule has 0 aromatic heterocycles. The Kier molecular flexibility index (Phi) is 8.04. The van der Waals surface area contributed by atoms with E-state index in [0.717, 1.165) is 23.5 Å². The molecule has 3 rings (SSSR count). The summed E-state index contributed by atoms with van der Waals surface area (Å²) in [5.74, 6) is 0.773. The van der Waals surface area contributed by atoms with Crippen molar-refractivity contribution in [3.8, 4) is 11.5 Å². The predicted molar refractivity (Wildman–Crippen MR) is 122 cm³/mol. The van der Waals surface area contributed by atoms with Gasteiger partial charge in [0.15, 0.2) is 6.29 Å². The molecule has 1 atom stereocenters. The number of phenolic OH excluding ortho intramolecular Hbond substituents is 1. The van der Waals surface area contributed by atoms with Crippen LogP contribution in [0.5, 0.6) is 11.5 Å². The number of carbonyl (C=O) groups excluding carboxylic acids is 1. The van der Waals surface area contributed by atoms with Gasteiger partial charge in [-0.05, 0) is 79.5 Å². The summed E-state index contributed by atoms with van der Waals surface area (Å²) in [5.41, 5.74) is 3.97. The minimum Gasteiger partial charge on any atom is -0.507 e. The average molecular weight is 421 g/mol. The molecule has 4 N–H and O–H groups in total. The quantitative estimate of drug-likeness (QED) is 0.274. The second-order valence-corrected chi connectivity index (χ2v) is 7.19. The van der Waals surface area contributed by atoms with E-state index in [0.29, 0.717) is 31.5 Å². The molecule has 3 aromatic carbocycles. The van der Waals surface area contributed by atoms with E-state index in [9.17, 15) is 15.0 Å². The van der Waals surface area contributed by atoms with Crippen LogP contribution in [-0.2, 0) is 6.42 Å². The normalized spacial score (nSPS) is 11.7. The molecule has 0 bridgehead atoms. The van der Waals surface area contributed by atoms with Gasteiger partial charge in [0.25, 0.3) is 0 Å². The topological polar surface area (TPSA) is 90.8 Å². The third kappa shape index (κ3) is 6.57. The smallest absolute Gasteiger partial charge is 0.153 e. The predicted octanol–water partition coefficient (Wildman–Crippen LogP) is 4.21. The number of phenols is 1. The fraction of sp³-hybridized carbons (Fsp3) is 0.240. The van der Waals surface area contributed by atoms with Crippen molar-refractivity contribution in [2.24, 2.45) is 0 Å². The van der Waals surface area contributed by atoms with E-state index < -0.39 is 6.10 Å². The molecule has 0 fully saturated rings. The SMILES string of the molecule is CCOc1ccc(Nc2ccc(CCNC[C@H](O)c3ccc(O)c(C=O)c3)cc2)cc1. The minimum absolute atomic E-state index is 0.0839. The third-order valence-electron chi connectivity index (χ3n) is 4.90. The summed E-state index contributed by atoms with van der Waals surface area (Å²) in [6.45, 7) is 3.69. The van der Waals surface area contributed by atoms with Gasteiger partial charge in [-0.25, -0.2) is 0 Å². The van der Waals surface area contributed by atoms with Gasteiger partial charge in [0.2, 0.25) is 0 Å². The first-order valence-electron chi connectivity index (χ1n) is 10.3. The van der Waals surface area contributed by atoms with E-state index in [4.69, 9.17) is 4.74 Å². The monoisotopic (exact) mass is 420 g/mol. The summed E-state index contributed by atoms with van der Waals surface area (Å²) in [4.78, 5) is 10.9. The van der Waals surface area contributed by atoms with Crippen molar-refractivity contribution in [1.29, 1.82) is 0 Å². The van der Waals surface area contributed by atoms with Gasteiger partial charge in [-0.3, -0.25) is 4.79 Å². The standard InChI is InChI=1S/C25H28N2O4/c1-2-31-23-10-8-22(9-11-23)27-21-6-3-18(4-7-21)13-14-26-16-25(30)19-5-12-24(29)20(15-19)17-28/h3-12,15,17,25-27,29-30H,2,13-14,16H2,1H3/t25-/m0/s1. The van der Waals surface area contributed by atoms with Crippen LogP contribution in [0.1, 0.15) is 34.5 Å². The lowest BCUT2D eigenvalue weighted by Gasteiger charge is -2.13. The van der Waals surface area contributed by atoms with E-state index in [1.165, 1.54) is 17.7 Å². The van der Waals surface area contributed by atoms with Gasteiger partial charge >= 0.3 is 0 Å². The van der Waals surface area contributed by atoms with Crippen LogP contribution in [0.25, 0.3) is 0 Å². The summed E-state index contributed by atoms with van der Waals surface area (Å²) >= 11 is 0. The molecule has 6 nitrogen and oxygen atoms in total. The maximum absolute atomic E-state index is 10.9. The van der Waals surface area contributed by atoms with E-state index in [1.54, 1.807) is 6.07 Å². The number of hydrogen-bond acceptors (Lipinski definition) is 6. The molecule has 0 spiro atoms. The lowest BCUT2D eigenvalue weighted by atomic mass is 10.1. The molecule has 31 heavy (non-hydrogen) atoms. The zero-order chi connectivity index (χ0) is 22.1. The van der Waals surface area contributed by atoms with E-state index >= 15 is 0 Å². The summed E-state index contributed by atoms with van der Waals surface area (Å²) < 4.78 is 5.46. The Labute approximate surface area is 182 Å². The maximum Gasteiger partial charge on any atom is 0.153 e. The zero-order valence-electron chi connectivity index (χ0n) is 17.5. The second kappa shape index (κ2) is 11.2. The van der Waals surface area contributed by atoms with Gasteiger partial charge in [-0.2, -0.15) is 0 Å². The van der Waals surface area contributed by atoms with E-state index in [-0.39, 0.29) is 11.3 Å². The maximum atomic E-state index is 10.9. The minimum atomic E-state index is -0.750. The summed E-state index contributed by atoms with van der Waals surface area (Å²) in [5, 5.41) is 26.4. The number of ether oxygens (including phenoxy) is 1. The molecule has 162 valence electrons. The second-order valence-electron chi connectivity index (χ2n) is 7.19. The van der Waals surface area contributed by atoms with Crippen LogP contribution in [0, 0.1) is 0 Å². The fourth-order valence-electron chi connectivity index (χ4n) is 3.19. The highest BCUT2D eigenvalue weighted by Crippen LogP contribution is 2.22. The molecule has 3 aromatic rings. The molecule has 0 heterocycles. The largest absolute Gasteiger partial charge is 0.507 e. The zero-order valence-corrected chi connectivity index (χ0v) is 17.5. The van der Waals surface area contributed by atoms with Crippen LogP contribution in [0.3, 0.4) is 0 Å². The number of aliphatic hydroxyl groups is 1. The summed E-state index contributed by atoms with van der Waals surface area (Å²) in [6.07, 6.45) is 0.651. The van der Waals surface area contributed by atoms with Crippen LogP contribution in [0.4, 0.5) is 11.4 Å². The Bertz CT molecular complexity index is 972. The molecule has 0 aliphatic heterocycles. The van der Waals surface area contributed by atoms with E-state index in [1.807, 2.05) is 43.3 Å². The van der Waals surface area contributed by atoms with Crippen LogP contribution in [0.2, 0.25) is 0 Å². The molecule has 0 saturated heterocycles. The van der Waals surface area contributed by atoms with Crippen molar-refractivity contribution < 1.29 is 19.7 Å². The van der Waals surface area contributed by atoms with Gasteiger partial charge in [0, 0.05) is 17.9 Å². The molecule has 6 heteroatoms. The van der Waals surface area contributed by atoms with Crippen LogP contribution in [0.15, 0.2) is 66.7 Å². The Balaban J connectivity index is 1.43. The molecule has 0 amide bonds. The molecule has 0 aliphatic carbocycles. The van der Waals surface area contributed by atoms with Crippen molar-refractivity contribution >= 4 is 17.7 Å². The molecular weight excluding hydrogens is 392 g/mol. The van der Waals surface area contributed by atoms with Crippen molar-refractivity contribution in [3.05, 3.63) is 83.4 Å². The van der Waals surface area contributed by atoms with Gasteiger partial charge in [0.05, 0.1) is 18.3 Å². The third-order valence-corrected chi connectivity index (χ3v) is 4.90. The number of nitrogens with one attached hydrogen (secondary N) is 2. The fourth-order valence-corrected chi connectivity index (χ4v) is 3.19. The molecule has 0 unspecified atom stereocenters. The molecular formula is C25H28N2O4. The van der Waals surface area contributed by atoms with Crippen LogP contribution >= 0.6 is 0 Å². The Morgan fingerprint density at radius 1 is 1.00 bits per heavy atom. The first-order valence-corrected chi connectivity index (χ1v) is 10.3. The first kappa shape index (κ1) is 22.3. The van der Waals surface area contributed by atoms with Gasteiger partial charge in [-0.15, -0.1) is 0 Å².